The van der Waals surface area contributed by atoms with Crippen LogP contribution < -0.4 is 5.32 Å². The van der Waals surface area contributed by atoms with Crippen LogP contribution in [0.2, 0.25) is 0 Å². The van der Waals surface area contributed by atoms with Gasteiger partial charge in [0.2, 0.25) is 5.13 Å². The van der Waals surface area contributed by atoms with Gasteiger partial charge in [0.15, 0.2) is 4.34 Å². The molecule has 24 heavy (non-hydrogen) atoms. The maximum Gasteiger partial charge on any atom is 0.206 e. The molecule has 0 radical (unpaired) electrons. The lowest BCUT2D eigenvalue weighted by Crippen LogP contribution is -2.18. The third-order valence-electron chi connectivity index (χ3n) is 3.98. The number of aromatic nitrogens is 3. The fourth-order valence-electron chi connectivity index (χ4n) is 2.77. The van der Waals surface area contributed by atoms with Gasteiger partial charge in [-0.1, -0.05) is 47.4 Å². The molecule has 0 spiro atoms. The predicted molar refractivity (Wildman–Crippen MR) is 98.7 cm³/mol. The number of thioether (sulfide) groups is 1. The van der Waals surface area contributed by atoms with Crippen LogP contribution in [0.5, 0.6) is 0 Å². The van der Waals surface area contributed by atoms with Crippen LogP contribution in [-0.4, -0.2) is 34.4 Å². The minimum absolute atomic E-state index is 0.312. The number of nitrogens with zero attached hydrogens (tertiary/aromatic N) is 3. The summed E-state index contributed by atoms with van der Waals surface area (Å²) in [7, 11) is 0. The molecule has 0 aliphatic carbocycles. The van der Waals surface area contributed by atoms with Crippen molar-refractivity contribution in [2.75, 3.05) is 18.5 Å². The molecule has 1 aliphatic rings. The standard InChI is InChI=1S/C17H18N4OS2/c1-4-12-6-2-8-18-15(12)13(5-1)11-23-17-21-20-16(24-17)19-10-14-7-3-9-22-14/h1-2,4-6,8,14H,3,7,9-11H2,(H,19,20). The van der Waals surface area contributed by atoms with Crippen molar-refractivity contribution in [1.82, 2.24) is 15.2 Å². The Kier molecular flexibility index (Phi) is 4.91. The minimum Gasteiger partial charge on any atom is -0.376 e. The highest BCUT2D eigenvalue weighted by Gasteiger charge is 2.16. The van der Waals surface area contributed by atoms with Crippen molar-refractivity contribution in [3.63, 3.8) is 0 Å². The van der Waals surface area contributed by atoms with Crippen LogP contribution in [0.15, 0.2) is 40.9 Å². The Morgan fingerprint density at radius 1 is 1.25 bits per heavy atom. The zero-order valence-corrected chi connectivity index (χ0v) is 14.8. The van der Waals surface area contributed by atoms with Crippen LogP contribution in [-0.2, 0) is 10.5 Å². The summed E-state index contributed by atoms with van der Waals surface area (Å²) >= 11 is 3.30. The maximum atomic E-state index is 5.61. The summed E-state index contributed by atoms with van der Waals surface area (Å²) in [5, 5.41) is 13.8. The van der Waals surface area contributed by atoms with E-state index in [1.165, 1.54) is 10.9 Å². The molecular weight excluding hydrogens is 340 g/mol. The predicted octanol–water partition coefficient (Wildman–Crippen LogP) is 3.97. The number of nitrogens with one attached hydrogen (secondary N) is 1. The lowest BCUT2D eigenvalue weighted by molar-refractivity contribution is 0.120. The molecule has 1 aliphatic heterocycles. The molecule has 0 bridgehead atoms. The van der Waals surface area contributed by atoms with E-state index in [4.69, 9.17) is 4.74 Å². The summed E-state index contributed by atoms with van der Waals surface area (Å²) < 4.78 is 6.58. The zero-order chi connectivity index (χ0) is 16.2. The van der Waals surface area contributed by atoms with Gasteiger partial charge in [-0.15, -0.1) is 10.2 Å². The average molecular weight is 358 g/mol. The molecule has 0 saturated carbocycles. The number of benzene rings is 1. The normalized spacial score (nSPS) is 17.4. The van der Waals surface area contributed by atoms with Crippen molar-refractivity contribution in [3.05, 3.63) is 42.1 Å². The molecule has 4 rings (SSSR count). The van der Waals surface area contributed by atoms with Crippen molar-refractivity contribution in [1.29, 1.82) is 0 Å². The second-order valence-electron chi connectivity index (χ2n) is 5.67. The van der Waals surface area contributed by atoms with Gasteiger partial charge in [0.05, 0.1) is 11.6 Å². The number of pyridine rings is 1. The molecule has 2 aromatic heterocycles. The largest absolute Gasteiger partial charge is 0.376 e. The lowest BCUT2D eigenvalue weighted by atomic mass is 10.1. The van der Waals surface area contributed by atoms with E-state index in [0.717, 1.165) is 46.7 Å². The topological polar surface area (TPSA) is 59.9 Å². The maximum absolute atomic E-state index is 5.61. The van der Waals surface area contributed by atoms with E-state index in [0.29, 0.717) is 6.10 Å². The van der Waals surface area contributed by atoms with Crippen LogP contribution in [0.3, 0.4) is 0 Å². The molecule has 5 nitrogen and oxygen atoms in total. The molecule has 7 heteroatoms. The first-order valence-electron chi connectivity index (χ1n) is 8.03. The number of rotatable bonds is 6. The Hall–Kier alpha value is -1.70. The van der Waals surface area contributed by atoms with Gasteiger partial charge < -0.3 is 10.1 Å². The third-order valence-corrected chi connectivity index (χ3v) is 6.04. The van der Waals surface area contributed by atoms with Gasteiger partial charge in [0.1, 0.15) is 0 Å². The zero-order valence-electron chi connectivity index (χ0n) is 13.1. The van der Waals surface area contributed by atoms with Crippen LogP contribution in [0.4, 0.5) is 5.13 Å². The Morgan fingerprint density at radius 3 is 3.12 bits per heavy atom. The first kappa shape index (κ1) is 15.8. The highest BCUT2D eigenvalue weighted by molar-refractivity contribution is 8.00. The summed E-state index contributed by atoms with van der Waals surface area (Å²) in [5.41, 5.74) is 2.29. The Balaban J connectivity index is 1.37. The fourth-order valence-corrected chi connectivity index (χ4v) is 4.51. The molecular formula is C17H18N4OS2. The van der Waals surface area contributed by atoms with E-state index < -0.39 is 0 Å². The van der Waals surface area contributed by atoms with Gasteiger partial charge in [0.25, 0.3) is 0 Å². The highest BCUT2D eigenvalue weighted by Crippen LogP contribution is 2.30. The molecule has 1 atom stereocenters. The Labute approximate surface area is 148 Å². The van der Waals surface area contributed by atoms with Gasteiger partial charge in [-0.25, -0.2) is 0 Å². The van der Waals surface area contributed by atoms with Gasteiger partial charge in [0, 0.05) is 30.5 Å². The number of anilines is 1. The van der Waals surface area contributed by atoms with Gasteiger partial charge in [-0.05, 0) is 24.5 Å². The Bertz CT molecular complexity index is 812. The smallest absolute Gasteiger partial charge is 0.206 e. The first-order valence-corrected chi connectivity index (χ1v) is 9.83. The van der Waals surface area contributed by atoms with Crippen molar-refractivity contribution in [3.8, 4) is 0 Å². The molecule has 1 aromatic carbocycles. The molecule has 0 amide bonds. The van der Waals surface area contributed by atoms with E-state index in [2.05, 4.69) is 44.8 Å². The molecule has 1 unspecified atom stereocenters. The van der Waals surface area contributed by atoms with Crippen molar-refractivity contribution < 1.29 is 4.74 Å². The van der Waals surface area contributed by atoms with Crippen LogP contribution in [0.1, 0.15) is 18.4 Å². The summed E-state index contributed by atoms with van der Waals surface area (Å²) in [4.78, 5) is 4.50. The molecule has 3 heterocycles. The van der Waals surface area contributed by atoms with E-state index in [-0.39, 0.29) is 0 Å². The van der Waals surface area contributed by atoms with Crippen molar-refractivity contribution in [2.24, 2.45) is 0 Å². The second kappa shape index (κ2) is 7.46. The molecule has 3 aromatic rings. The second-order valence-corrected chi connectivity index (χ2v) is 7.87. The van der Waals surface area contributed by atoms with Crippen molar-refractivity contribution >= 4 is 39.1 Å². The number of ether oxygens (including phenoxy) is 1. The molecule has 1 N–H and O–H groups in total. The third kappa shape index (κ3) is 3.68. The minimum atomic E-state index is 0.312. The summed E-state index contributed by atoms with van der Waals surface area (Å²) in [6.07, 6.45) is 4.44. The van der Waals surface area contributed by atoms with E-state index >= 15 is 0 Å². The van der Waals surface area contributed by atoms with Gasteiger partial charge >= 0.3 is 0 Å². The van der Waals surface area contributed by atoms with E-state index in [9.17, 15) is 0 Å². The molecule has 1 fully saturated rings. The average Bonchev–Trinajstić information content (AvgIpc) is 3.30. The molecule has 1 saturated heterocycles. The molecule has 124 valence electrons. The SMILES string of the molecule is c1cnc2c(CSc3nnc(NCC4CCCO4)s3)cccc2c1. The van der Waals surface area contributed by atoms with E-state index in [1.54, 1.807) is 23.1 Å². The van der Waals surface area contributed by atoms with Crippen molar-refractivity contribution in [2.45, 2.75) is 29.0 Å². The number of hydrogen-bond acceptors (Lipinski definition) is 7. The van der Waals surface area contributed by atoms with Crippen LogP contribution in [0.25, 0.3) is 10.9 Å². The monoisotopic (exact) mass is 358 g/mol. The van der Waals surface area contributed by atoms with Crippen LogP contribution >= 0.6 is 23.1 Å². The van der Waals surface area contributed by atoms with E-state index in [1.807, 2.05) is 12.3 Å². The number of fused-ring (bicyclic) bond motifs is 1. The summed E-state index contributed by atoms with van der Waals surface area (Å²) in [5.74, 6) is 0.842. The number of hydrogen-bond donors (Lipinski definition) is 1. The van der Waals surface area contributed by atoms with Gasteiger partial charge in [-0.2, -0.15) is 0 Å². The van der Waals surface area contributed by atoms with Gasteiger partial charge in [-0.3, -0.25) is 4.98 Å². The Morgan fingerprint density at radius 2 is 2.21 bits per heavy atom. The quantitative estimate of drug-likeness (QED) is 0.673. The summed E-state index contributed by atoms with van der Waals surface area (Å²) in [6.45, 7) is 1.69. The number of para-hydroxylation sites is 1. The first-order chi connectivity index (χ1) is 11.9. The highest BCUT2D eigenvalue weighted by atomic mass is 32.2. The lowest BCUT2D eigenvalue weighted by Gasteiger charge is -2.08. The van der Waals surface area contributed by atoms with Crippen LogP contribution in [0, 0.1) is 0 Å². The fraction of sp³-hybridized carbons (Fsp3) is 0.353. The summed E-state index contributed by atoms with van der Waals surface area (Å²) in [6, 6.07) is 10.4.